The highest BCUT2D eigenvalue weighted by Gasteiger charge is 2.30. The fourth-order valence-electron chi connectivity index (χ4n) is 2.17. The zero-order chi connectivity index (χ0) is 13.7. The summed E-state index contributed by atoms with van der Waals surface area (Å²) in [7, 11) is 0. The fourth-order valence-corrected chi connectivity index (χ4v) is 2.17. The molecule has 5 nitrogen and oxygen atoms in total. The number of nitrogens with zero attached hydrogens (tertiary/aromatic N) is 1. The zero-order valence-electron chi connectivity index (χ0n) is 11.5. The molecule has 2 rings (SSSR count). The van der Waals surface area contributed by atoms with E-state index in [9.17, 15) is 4.79 Å². The lowest BCUT2D eigenvalue weighted by Gasteiger charge is -2.35. The molecule has 2 N–H and O–H groups in total. The Bertz CT molecular complexity index is 430. The molecule has 0 bridgehead atoms. The van der Waals surface area contributed by atoms with Gasteiger partial charge in [-0.2, -0.15) is 0 Å². The van der Waals surface area contributed by atoms with Crippen molar-refractivity contribution in [3.05, 3.63) is 23.9 Å². The number of hydrogen-bond acceptors (Lipinski definition) is 4. The normalized spacial score (nSPS) is 21.6. The van der Waals surface area contributed by atoms with Crippen LogP contribution < -0.4 is 10.6 Å². The number of carbonyl (C=O) groups excluding carboxylic acids is 1. The number of pyridine rings is 1. The molecule has 0 aliphatic heterocycles. The Kier molecular flexibility index (Phi) is 4.74. The van der Waals surface area contributed by atoms with Gasteiger partial charge in [0.05, 0.1) is 6.10 Å². The van der Waals surface area contributed by atoms with Crippen molar-refractivity contribution in [3.63, 3.8) is 0 Å². The van der Waals surface area contributed by atoms with Gasteiger partial charge in [0.25, 0.3) is 5.91 Å². The maximum Gasteiger partial charge on any atom is 0.251 e. The van der Waals surface area contributed by atoms with Crippen molar-refractivity contribution in [3.8, 4) is 0 Å². The maximum absolute atomic E-state index is 12.1. The highest BCUT2D eigenvalue weighted by atomic mass is 16.5. The summed E-state index contributed by atoms with van der Waals surface area (Å²) in [6, 6.07) is 3.74. The van der Waals surface area contributed by atoms with Crippen LogP contribution in [-0.2, 0) is 4.74 Å². The van der Waals surface area contributed by atoms with Crippen LogP contribution in [0.5, 0.6) is 0 Å². The molecule has 104 valence electrons. The summed E-state index contributed by atoms with van der Waals surface area (Å²) in [5.41, 5.74) is 0.644. The third kappa shape index (κ3) is 3.67. The molecule has 1 aliphatic rings. The first-order valence-electron chi connectivity index (χ1n) is 6.85. The van der Waals surface area contributed by atoms with Gasteiger partial charge in [-0.1, -0.05) is 0 Å². The summed E-state index contributed by atoms with van der Waals surface area (Å²) in [6.07, 6.45) is 3.77. The molecule has 1 fully saturated rings. The number of carbonyl (C=O) groups is 1. The second-order valence-electron chi connectivity index (χ2n) is 4.68. The molecule has 1 amide bonds. The first kappa shape index (κ1) is 13.8. The Morgan fingerprint density at radius 3 is 2.95 bits per heavy atom. The highest BCUT2D eigenvalue weighted by molar-refractivity contribution is 5.95. The Morgan fingerprint density at radius 2 is 2.26 bits per heavy atom. The number of ether oxygens (including phenoxy) is 1. The van der Waals surface area contributed by atoms with Gasteiger partial charge in [-0.05, 0) is 38.8 Å². The molecular weight excluding hydrogens is 242 g/mol. The average molecular weight is 263 g/mol. The molecule has 1 saturated carbocycles. The van der Waals surface area contributed by atoms with E-state index in [-0.39, 0.29) is 11.9 Å². The fraction of sp³-hybridized carbons (Fsp3) is 0.571. The van der Waals surface area contributed by atoms with Crippen molar-refractivity contribution in [2.75, 3.05) is 18.5 Å². The molecule has 1 heterocycles. The van der Waals surface area contributed by atoms with E-state index in [0.717, 1.165) is 31.8 Å². The predicted molar refractivity (Wildman–Crippen MR) is 74.3 cm³/mol. The van der Waals surface area contributed by atoms with Gasteiger partial charge in [-0.15, -0.1) is 0 Å². The molecule has 0 saturated heterocycles. The van der Waals surface area contributed by atoms with Gasteiger partial charge < -0.3 is 15.4 Å². The summed E-state index contributed by atoms with van der Waals surface area (Å²) < 4.78 is 5.48. The van der Waals surface area contributed by atoms with Crippen LogP contribution >= 0.6 is 0 Å². The number of aromatic nitrogens is 1. The monoisotopic (exact) mass is 263 g/mol. The van der Waals surface area contributed by atoms with Crippen molar-refractivity contribution in [2.24, 2.45) is 0 Å². The van der Waals surface area contributed by atoms with Gasteiger partial charge in [0, 0.05) is 31.0 Å². The van der Waals surface area contributed by atoms with Crippen LogP contribution in [-0.4, -0.2) is 36.2 Å². The first-order valence-corrected chi connectivity index (χ1v) is 6.85. The van der Waals surface area contributed by atoms with E-state index in [2.05, 4.69) is 15.6 Å². The van der Waals surface area contributed by atoms with Crippen LogP contribution in [0.1, 0.15) is 37.0 Å². The number of hydrogen-bond donors (Lipinski definition) is 2. The standard InChI is InChI=1S/C14H21N3O2/c1-3-15-13-7-10(5-6-16-13)14(18)17-11-8-12(9-11)19-4-2/h5-7,11-12H,3-4,8-9H2,1-2H3,(H,15,16)(H,17,18). The van der Waals surface area contributed by atoms with E-state index < -0.39 is 0 Å². The lowest BCUT2D eigenvalue weighted by molar-refractivity contribution is -0.00862. The van der Waals surface area contributed by atoms with Crippen molar-refractivity contribution in [2.45, 2.75) is 38.8 Å². The molecule has 0 unspecified atom stereocenters. The molecular formula is C14H21N3O2. The number of nitrogens with one attached hydrogen (secondary N) is 2. The van der Waals surface area contributed by atoms with Crippen LogP contribution in [0.3, 0.4) is 0 Å². The Labute approximate surface area is 113 Å². The van der Waals surface area contributed by atoms with Gasteiger partial charge in [-0.25, -0.2) is 4.98 Å². The average Bonchev–Trinajstić information content (AvgIpc) is 2.37. The summed E-state index contributed by atoms with van der Waals surface area (Å²) >= 11 is 0. The minimum absolute atomic E-state index is 0.0403. The molecule has 1 aromatic heterocycles. The lowest BCUT2D eigenvalue weighted by atomic mass is 9.89. The van der Waals surface area contributed by atoms with E-state index in [1.165, 1.54) is 0 Å². The van der Waals surface area contributed by atoms with Crippen LogP contribution in [0.4, 0.5) is 5.82 Å². The third-order valence-electron chi connectivity index (χ3n) is 3.21. The van der Waals surface area contributed by atoms with E-state index >= 15 is 0 Å². The number of rotatable bonds is 6. The number of anilines is 1. The first-order chi connectivity index (χ1) is 9.22. The molecule has 0 spiro atoms. The minimum atomic E-state index is -0.0403. The van der Waals surface area contributed by atoms with Gasteiger partial charge in [0.1, 0.15) is 5.82 Å². The molecule has 19 heavy (non-hydrogen) atoms. The maximum atomic E-state index is 12.1. The van der Waals surface area contributed by atoms with Crippen LogP contribution in [0.2, 0.25) is 0 Å². The topological polar surface area (TPSA) is 63.2 Å². The minimum Gasteiger partial charge on any atom is -0.378 e. The second-order valence-corrected chi connectivity index (χ2v) is 4.68. The number of amides is 1. The van der Waals surface area contributed by atoms with Crippen molar-refractivity contribution < 1.29 is 9.53 Å². The molecule has 1 aliphatic carbocycles. The summed E-state index contributed by atoms with van der Waals surface area (Å²) in [4.78, 5) is 16.2. The van der Waals surface area contributed by atoms with Gasteiger partial charge in [0.15, 0.2) is 0 Å². The molecule has 5 heteroatoms. The van der Waals surface area contributed by atoms with Gasteiger partial charge >= 0.3 is 0 Å². The zero-order valence-corrected chi connectivity index (χ0v) is 11.5. The predicted octanol–water partition coefficient (Wildman–Crippen LogP) is 1.81. The van der Waals surface area contributed by atoms with E-state index in [4.69, 9.17) is 4.74 Å². The van der Waals surface area contributed by atoms with E-state index in [1.54, 1.807) is 18.3 Å². The Morgan fingerprint density at radius 1 is 1.47 bits per heavy atom. The quantitative estimate of drug-likeness (QED) is 0.821. The molecule has 0 atom stereocenters. The summed E-state index contributed by atoms with van der Waals surface area (Å²) in [5.74, 6) is 0.692. The molecule has 0 aromatic carbocycles. The summed E-state index contributed by atoms with van der Waals surface area (Å²) in [5, 5.41) is 6.11. The molecule has 1 aromatic rings. The van der Waals surface area contributed by atoms with Crippen LogP contribution in [0.15, 0.2) is 18.3 Å². The van der Waals surface area contributed by atoms with Gasteiger partial charge in [0.2, 0.25) is 0 Å². The van der Waals surface area contributed by atoms with Crippen molar-refractivity contribution in [1.29, 1.82) is 0 Å². The van der Waals surface area contributed by atoms with Crippen molar-refractivity contribution >= 4 is 11.7 Å². The highest BCUT2D eigenvalue weighted by Crippen LogP contribution is 2.23. The summed E-state index contributed by atoms with van der Waals surface area (Å²) in [6.45, 7) is 5.51. The Hall–Kier alpha value is -1.62. The SMILES string of the molecule is CCNc1cc(C(=O)NC2CC(OCC)C2)ccn1. The molecule has 0 radical (unpaired) electrons. The van der Waals surface area contributed by atoms with Crippen LogP contribution in [0, 0.1) is 0 Å². The second kappa shape index (κ2) is 6.52. The largest absolute Gasteiger partial charge is 0.378 e. The van der Waals surface area contributed by atoms with Gasteiger partial charge in [-0.3, -0.25) is 4.79 Å². The van der Waals surface area contributed by atoms with Crippen molar-refractivity contribution in [1.82, 2.24) is 10.3 Å². The van der Waals surface area contributed by atoms with E-state index in [1.807, 2.05) is 13.8 Å². The lowest BCUT2D eigenvalue weighted by Crippen LogP contribution is -2.47. The van der Waals surface area contributed by atoms with Crippen LogP contribution in [0.25, 0.3) is 0 Å². The smallest absolute Gasteiger partial charge is 0.251 e. The Balaban J connectivity index is 1.85. The van der Waals surface area contributed by atoms with E-state index in [0.29, 0.717) is 11.7 Å². The third-order valence-corrected chi connectivity index (χ3v) is 3.21.